The van der Waals surface area contributed by atoms with Crippen LogP contribution in [0.1, 0.15) is 16.8 Å². The van der Waals surface area contributed by atoms with Gasteiger partial charge in [0.15, 0.2) is 0 Å². The molecule has 1 N–H and O–H groups in total. The van der Waals surface area contributed by atoms with Crippen LogP contribution in [0.15, 0.2) is 29.2 Å². The molecule has 0 saturated carbocycles. The molecule has 86 valence electrons. The zero-order valence-corrected chi connectivity index (χ0v) is 10.2. The Hall–Kier alpha value is -1.00. The standard InChI is InChI=1S/C12H16N2OS/c1-14-7-6-9(8-14)13-12(15)10-4-2-3-5-11(10)16/h2-5,9,16H,6-8H2,1H3,(H,13,15). The van der Waals surface area contributed by atoms with Crippen molar-refractivity contribution in [2.24, 2.45) is 0 Å². The van der Waals surface area contributed by atoms with E-state index in [0.717, 1.165) is 24.4 Å². The highest BCUT2D eigenvalue weighted by Gasteiger charge is 2.21. The summed E-state index contributed by atoms with van der Waals surface area (Å²) in [5, 5.41) is 3.04. The zero-order valence-electron chi connectivity index (χ0n) is 9.31. The molecule has 1 aromatic rings. The van der Waals surface area contributed by atoms with Gasteiger partial charge in [0.25, 0.3) is 5.91 Å². The van der Waals surface area contributed by atoms with Crippen LogP contribution < -0.4 is 5.32 Å². The first-order valence-corrected chi connectivity index (χ1v) is 5.89. The van der Waals surface area contributed by atoms with E-state index in [1.807, 2.05) is 18.2 Å². The highest BCUT2D eigenvalue weighted by Crippen LogP contribution is 2.14. The second-order valence-electron chi connectivity index (χ2n) is 4.24. The van der Waals surface area contributed by atoms with Gasteiger partial charge in [-0.25, -0.2) is 0 Å². The maximum absolute atomic E-state index is 11.9. The van der Waals surface area contributed by atoms with Crippen LogP contribution in [0, 0.1) is 0 Å². The van der Waals surface area contributed by atoms with Crippen molar-refractivity contribution in [1.29, 1.82) is 0 Å². The monoisotopic (exact) mass is 236 g/mol. The average molecular weight is 236 g/mol. The number of hydrogen-bond acceptors (Lipinski definition) is 3. The normalized spacial score (nSPS) is 21.0. The van der Waals surface area contributed by atoms with E-state index >= 15 is 0 Å². The molecule has 1 amide bonds. The van der Waals surface area contributed by atoms with Crippen molar-refractivity contribution in [3.05, 3.63) is 29.8 Å². The number of hydrogen-bond donors (Lipinski definition) is 2. The van der Waals surface area contributed by atoms with Crippen molar-refractivity contribution in [2.45, 2.75) is 17.4 Å². The Morgan fingerprint density at radius 1 is 1.50 bits per heavy atom. The molecule has 2 rings (SSSR count). The summed E-state index contributed by atoms with van der Waals surface area (Å²) in [6.45, 7) is 1.98. The molecule has 0 aromatic heterocycles. The van der Waals surface area contributed by atoms with Gasteiger partial charge in [0.05, 0.1) is 5.56 Å². The summed E-state index contributed by atoms with van der Waals surface area (Å²) in [6.07, 6.45) is 1.02. The van der Waals surface area contributed by atoms with Gasteiger partial charge < -0.3 is 10.2 Å². The third-order valence-corrected chi connectivity index (χ3v) is 3.27. The Kier molecular flexibility index (Phi) is 3.51. The number of rotatable bonds is 2. The van der Waals surface area contributed by atoms with Gasteiger partial charge in [0, 0.05) is 17.5 Å². The lowest BCUT2D eigenvalue weighted by molar-refractivity contribution is 0.0935. The molecule has 1 aliphatic heterocycles. The van der Waals surface area contributed by atoms with E-state index in [1.54, 1.807) is 6.07 Å². The van der Waals surface area contributed by atoms with E-state index in [-0.39, 0.29) is 11.9 Å². The van der Waals surface area contributed by atoms with Crippen LogP contribution in [-0.2, 0) is 0 Å². The van der Waals surface area contributed by atoms with Crippen molar-refractivity contribution in [1.82, 2.24) is 10.2 Å². The highest BCUT2D eigenvalue weighted by molar-refractivity contribution is 7.80. The van der Waals surface area contributed by atoms with Gasteiger partial charge in [-0.2, -0.15) is 0 Å². The molecule has 0 aliphatic carbocycles. The first-order valence-electron chi connectivity index (χ1n) is 5.44. The van der Waals surface area contributed by atoms with Gasteiger partial charge in [-0.05, 0) is 32.1 Å². The first-order chi connectivity index (χ1) is 7.66. The van der Waals surface area contributed by atoms with E-state index in [1.165, 1.54) is 0 Å². The highest BCUT2D eigenvalue weighted by atomic mass is 32.1. The van der Waals surface area contributed by atoms with Crippen LogP contribution >= 0.6 is 12.6 Å². The second-order valence-corrected chi connectivity index (χ2v) is 4.72. The van der Waals surface area contributed by atoms with Crippen molar-refractivity contribution >= 4 is 18.5 Å². The van der Waals surface area contributed by atoms with E-state index in [2.05, 4.69) is 29.9 Å². The van der Waals surface area contributed by atoms with E-state index < -0.39 is 0 Å². The summed E-state index contributed by atoms with van der Waals surface area (Å²) < 4.78 is 0. The summed E-state index contributed by atoms with van der Waals surface area (Å²) in [5.74, 6) is -0.0223. The van der Waals surface area contributed by atoms with E-state index in [9.17, 15) is 4.79 Å². The Bertz CT molecular complexity index is 394. The number of nitrogens with one attached hydrogen (secondary N) is 1. The van der Waals surface area contributed by atoms with Crippen LogP contribution in [0.4, 0.5) is 0 Å². The molecular formula is C12H16N2OS. The number of thiol groups is 1. The van der Waals surface area contributed by atoms with Crippen molar-refractivity contribution in [2.75, 3.05) is 20.1 Å². The fraction of sp³-hybridized carbons (Fsp3) is 0.417. The van der Waals surface area contributed by atoms with Gasteiger partial charge in [-0.3, -0.25) is 4.79 Å². The smallest absolute Gasteiger partial charge is 0.252 e. The molecule has 4 heteroatoms. The van der Waals surface area contributed by atoms with Gasteiger partial charge in [-0.1, -0.05) is 12.1 Å². The fourth-order valence-electron chi connectivity index (χ4n) is 1.98. The van der Waals surface area contributed by atoms with Crippen molar-refractivity contribution in [3.8, 4) is 0 Å². The minimum Gasteiger partial charge on any atom is -0.348 e. The lowest BCUT2D eigenvalue weighted by Crippen LogP contribution is -2.36. The summed E-state index contributed by atoms with van der Waals surface area (Å²) in [7, 11) is 2.07. The number of likely N-dealkylation sites (N-methyl/N-ethyl adjacent to an activating group) is 1. The van der Waals surface area contributed by atoms with Crippen molar-refractivity contribution in [3.63, 3.8) is 0 Å². The molecule has 0 spiro atoms. The summed E-state index contributed by atoms with van der Waals surface area (Å²) in [5.41, 5.74) is 0.653. The SMILES string of the molecule is CN1CCC(NC(=O)c2ccccc2S)C1. The van der Waals surface area contributed by atoms with Crippen LogP contribution in [0.2, 0.25) is 0 Å². The van der Waals surface area contributed by atoms with Crippen molar-refractivity contribution < 1.29 is 4.79 Å². The fourth-order valence-corrected chi connectivity index (χ4v) is 2.24. The summed E-state index contributed by atoms with van der Waals surface area (Å²) in [6, 6.07) is 7.64. The Balaban J connectivity index is 2.01. The molecule has 1 aliphatic rings. The molecule has 16 heavy (non-hydrogen) atoms. The number of carbonyl (C=O) groups is 1. The molecular weight excluding hydrogens is 220 g/mol. The minimum atomic E-state index is -0.0223. The Labute approximate surface area is 101 Å². The molecule has 3 nitrogen and oxygen atoms in total. The molecule has 1 heterocycles. The maximum Gasteiger partial charge on any atom is 0.252 e. The number of benzene rings is 1. The van der Waals surface area contributed by atoms with Gasteiger partial charge in [0.2, 0.25) is 0 Å². The maximum atomic E-state index is 11.9. The van der Waals surface area contributed by atoms with Crippen LogP contribution in [0.3, 0.4) is 0 Å². The van der Waals surface area contributed by atoms with Crippen LogP contribution in [0.5, 0.6) is 0 Å². The topological polar surface area (TPSA) is 32.3 Å². The predicted octanol–water partition coefficient (Wildman–Crippen LogP) is 1.41. The van der Waals surface area contributed by atoms with Gasteiger partial charge >= 0.3 is 0 Å². The van der Waals surface area contributed by atoms with Gasteiger partial charge in [0.1, 0.15) is 0 Å². The molecule has 1 saturated heterocycles. The quantitative estimate of drug-likeness (QED) is 0.761. The summed E-state index contributed by atoms with van der Waals surface area (Å²) >= 11 is 4.28. The molecule has 1 unspecified atom stereocenters. The van der Waals surface area contributed by atoms with Crippen LogP contribution in [-0.4, -0.2) is 37.0 Å². The van der Waals surface area contributed by atoms with Crippen LogP contribution in [0.25, 0.3) is 0 Å². The third-order valence-electron chi connectivity index (χ3n) is 2.88. The van der Waals surface area contributed by atoms with E-state index in [0.29, 0.717) is 5.56 Å². The number of likely N-dealkylation sites (tertiary alicyclic amines) is 1. The summed E-state index contributed by atoms with van der Waals surface area (Å²) in [4.78, 5) is 14.9. The zero-order chi connectivity index (χ0) is 11.5. The first kappa shape index (κ1) is 11.5. The average Bonchev–Trinajstić information content (AvgIpc) is 2.64. The molecule has 1 aromatic carbocycles. The number of nitrogens with zero attached hydrogens (tertiary/aromatic N) is 1. The lowest BCUT2D eigenvalue weighted by atomic mass is 10.2. The predicted molar refractivity (Wildman–Crippen MR) is 67.1 cm³/mol. The largest absolute Gasteiger partial charge is 0.348 e. The molecule has 0 radical (unpaired) electrons. The number of amides is 1. The van der Waals surface area contributed by atoms with E-state index in [4.69, 9.17) is 0 Å². The Morgan fingerprint density at radius 3 is 2.88 bits per heavy atom. The molecule has 1 fully saturated rings. The Morgan fingerprint density at radius 2 is 2.25 bits per heavy atom. The minimum absolute atomic E-state index is 0.0223. The molecule has 1 atom stereocenters. The lowest BCUT2D eigenvalue weighted by Gasteiger charge is -2.13. The molecule has 0 bridgehead atoms. The third kappa shape index (κ3) is 2.57. The second kappa shape index (κ2) is 4.89. The number of carbonyl (C=O) groups excluding carboxylic acids is 1. The van der Waals surface area contributed by atoms with Gasteiger partial charge in [-0.15, -0.1) is 12.6 Å².